The molecule has 2 aromatic carbocycles. The zero-order chi connectivity index (χ0) is 21.1. The monoisotopic (exact) mass is 397 g/mol. The Balaban J connectivity index is 1.82. The van der Waals surface area contributed by atoms with Crippen molar-refractivity contribution in [2.75, 3.05) is 5.32 Å². The van der Waals surface area contributed by atoms with Crippen molar-refractivity contribution in [2.45, 2.75) is 6.54 Å². The fraction of sp³-hybridized carbons (Fsp3) is 0.0455. The first-order valence-electron chi connectivity index (χ1n) is 9.04. The topological polar surface area (TPSA) is 114 Å². The van der Waals surface area contributed by atoms with Gasteiger partial charge in [0, 0.05) is 47.8 Å². The fourth-order valence-electron chi connectivity index (χ4n) is 3.18. The predicted molar refractivity (Wildman–Crippen MR) is 112 cm³/mol. The van der Waals surface area contributed by atoms with Gasteiger partial charge >= 0.3 is 0 Å². The van der Waals surface area contributed by atoms with Gasteiger partial charge in [-0.1, -0.05) is 12.1 Å². The quantitative estimate of drug-likeness (QED) is 0.405. The summed E-state index contributed by atoms with van der Waals surface area (Å²) in [6.45, 7) is 0.553. The van der Waals surface area contributed by atoms with E-state index >= 15 is 0 Å². The number of hydrogen-bond acceptors (Lipinski definition) is 6. The molecule has 0 fully saturated rings. The summed E-state index contributed by atoms with van der Waals surface area (Å²) in [6, 6.07) is 18.4. The Morgan fingerprint density at radius 3 is 2.60 bits per heavy atom. The van der Waals surface area contributed by atoms with Crippen LogP contribution in [0.25, 0.3) is 16.6 Å². The first-order valence-corrected chi connectivity index (χ1v) is 9.04. The number of nitrogens with one attached hydrogen (secondary N) is 1. The van der Waals surface area contributed by atoms with Crippen molar-refractivity contribution in [3.8, 4) is 11.8 Å². The maximum Gasteiger partial charge on any atom is 0.273 e. The van der Waals surface area contributed by atoms with Gasteiger partial charge in [0.05, 0.1) is 10.4 Å². The smallest absolute Gasteiger partial charge is 0.273 e. The summed E-state index contributed by atoms with van der Waals surface area (Å²) in [5.74, 6) is 0. The highest BCUT2D eigenvalue weighted by atomic mass is 16.6. The SMILES string of the molecule is N#Cc1cc2ccc(NCc3cccnc3)cc2n(-c2ccc([N+](=O)[O-])cc2)c1=O. The zero-order valence-corrected chi connectivity index (χ0v) is 15.6. The molecule has 0 amide bonds. The highest BCUT2D eigenvalue weighted by molar-refractivity contribution is 5.85. The largest absolute Gasteiger partial charge is 0.381 e. The second-order valence-corrected chi connectivity index (χ2v) is 6.57. The number of nitriles is 1. The highest BCUT2D eigenvalue weighted by Gasteiger charge is 2.13. The normalized spacial score (nSPS) is 10.5. The Morgan fingerprint density at radius 2 is 1.93 bits per heavy atom. The number of fused-ring (bicyclic) bond motifs is 1. The molecule has 0 saturated carbocycles. The van der Waals surface area contributed by atoms with Gasteiger partial charge in [-0.05, 0) is 42.0 Å². The molecule has 0 aliphatic carbocycles. The van der Waals surface area contributed by atoms with Crippen LogP contribution in [-0.2, 0) is 6.54 Å². The molecule has 1 N–H and O–H groups in total. The molecule has 4 rings (SSSR count). The lowest BCUT2D eigenvalue weighted by atomic mass is 10.1. The van der Waals surface area contributed by atoms with E-state index in [-0.39, 0.29) is 11.3 Å². The lowest BCUT2D eigenvalue weighted by Gasteiger charge is -2.13. The molecule has 4 aromatic rings. The zero-order valence-electron chi connectivity index (χ0n) is 15.6. The molecule has 0 aliphatic rings. The number of nitro benzene ring substituents is 1. The third-order valence-corrected chi connectivity index (χ3v) is 4.66. The van der Waals surface area contributed by atoms with Gasteiger partial charge in [-0.2, -0.15) is 5.26 Å². The van der Waals surface area contributed by atoms with Crippen LogP contribution in [0, 0.1) is 21.4 Å². The predicted octanol–water partition coefficient (Wildman–Crippen LogP) is 3.78. The third-order valence-electron chi connectivity index (χ3n) is 4.66. The van der Waals surface area contributed by atoms with Crippen molar-refractivity contribution < 1.29 is 4.92 Å². The molecule has 0 spiro atoms. The molecular formula is C22H15N5O3. The van der Waals surface area contributed by atoms with E-state index in [4.69, 9.17) is 0 Å². The molecule has 0 aliphatic heterocycles. The van der Waals surface area contributed by atoms with Crippen LogP contribution in [0.15, 0.2) is 77.9 Å². The second kappa shape index (κ2) is 7.85. The summed E-state index contributed by atoms with van der Waals surface area (Å²) in [7, 11) is 0. The minimum Gasteiger partial charge on any atom is -0.381 e. The van der Waals surface area contributed by atoms with Crippen molar-refractivity contribution in [1.82, 2.24) is 9.55 Å². The van der Waals surface area contributed by atoms with Gasteiger partial charge in [0.15, 0.2) is 0 Å². The van der Waals surface area contributed by atoms with Gasteiger partial charge in [0.25, 0.3) is 11.2 Å². The van der Waals surface area contributed by atoms with E-state index in [1.54, 1.807) is 18.5 Å². The maximum atomic E-state index is 12.9. The number of aromatic nitrogens is 2. The van der Waals surface area contributed by atoms with Crippen LogP contribution < -0.4 is 10.9 Å². The molecule has 8 heteroatoms. The molecule has 2 heterocycles. The number of nitrogens with zero attached hydrogens (tertiary/aromatic N) is 4. The molecule has 8 nitrogen and oxygen atoms in total. The van der Waals surface area contributed by atoms with E-state index in [0.717, 1.165) is 11.3 Å². The van der Waals surface area contributed by atoms with Crippen molar-refractivity contribution in [3.63, 3.8) is 0 Å². The Hall–Kier alpha value is -4.51. The third kappa shape index (κ3) is 3.59. The fourth-order valence-corrected chi connectivity index (χ4v) is 3.18. The number of pyridine rings is 2. The van der Waals surface area contributed by atoms with Crippen molar-refractivity contribution >= 4 is 22.3 Å². The van der Waals surface area contributed by atoms with Gasteiger partial charge in [-0.15, -0.1) is 0 Å². The molecule has 0 unspecified atom stereocenters. The summed E-state index contributed by atoms with van der Waals surface area (Å²) < 4.78 is 1.40. The van der Waals surface area contributed by atoms with Gasteiger partial charge in [-0.3, -0.25) is 24.5 Å². The number of hydrogen-bond donors (Lipinski definition) is 1. The van der Waals surface area contributed by atoms with Crippen LogP contribution in [-0.4, -0.2) is 14.5 Å². The number of non-ortho nitro benzene ring substituents is 1. The minimum absolute atomic E-state index is 0.00285. The number of rotatable bonds is 5. The van der Waals surface area contributed by atoms with Crippen LogP contribution >= 0.6 is 0 Å². The molecule has 0 bridgehead atoms. The van der Waals surface area contributed by atoms with Gasteiger partial charge in [0.1, 0.15) is 11.6 Å². The number of anilines is 1. The minimum atomic E-state index is -0.503. The molecular weight excluding hydrogens is 382 g/mol. The summed E-state index contributed by atoms with van der Waals surface area (Å²) >= 11 is 0. The molecule has 0 saturated heterocycles. The summed E-state index contributed by atoms with van der Waals surface area (Å²) in [6.07, 6.45) is 3.47. The van der Waals surface area contributed by atoms with E-state index in [9.17, 15) is 20.2 Å². The first kappa shape index (κ1) is 18.8. The van der Waals surface area contributed by atoms with Crippen LogP contribution in [0.1, 0.15) is 11.1 Å². The number of nitro groups is 1. The molecule has 2 aromatic heterocycles. The van der Waals surface area contributed by atoms with E-state index < -0.39 is 10.5 Å². The molecule has 30 heavy (non-hydrogen) atoms. The van der Waals surface area contributed by atoms with Crippen LogP contribution in [0.3, 0.4) is 0 Å². The van der Waals surface area contributed by atoms with E-state index in [1.807, 2.05) is 36.4 Å². The summed E-state index contributed by atoms with van der Waals surface area (Å²) in [5.41, 5.74) is 2.25. The standard InChI is InChI=1S/C22H15N5O3/c23-12-17-10-16-3-4-18(25-14-15-2-1-9-24-13-15)11-21(16)26(22(17)28)19-5-7-20(8-6-19)27(29)30/h1-11,13,25H,14H2. The van der Waals surface area contributed by atoms with Crippen molar-refractivity contribution in [3.05, 3.63) is 105 Å². The molecule has 0 radical (unpaired) electrons. The second-order valence-electron chi connectivity index (χ2n) is 6.57. The van der Waals surface area contributed by atoms with Gasteiger partial charge < -0.3 is 5.32 Å². The Morgan fingerprint density at radius 1 is 1.13 bits per heavy atom. The number of benzene rings is 2. The molecule has 0 atom stereocenters. The van der Waals surface area contributed by atoms with E-state index in [2.05, 4.69) is 10.3 Å². The highest BCUT2D eigenvalue weighted by Crippen LogP contribution is 2.23. The van der Waals surface area contributed by atoms with Crippen molar-refractivity contribution in [1.29, 1.82) is 5.26 Å². The Kier molecular flexibility index (Phi) is 4.93. The van der Waals surface area contributed by atoms with Gasteiger partial charge in [0.2, 0.25) is 0 Å². The average molecular weight is 397 g/mol. The summed E-state index contributed by atoms with van der Waals surface area (Å²) in [4.78, 5) is 27.4. The lowest BCUT2D eigenvalue weighted by Crippen LogP contribution is -2.21. The Bertz CT molecular complexity index is 1340. The molecule has 146 valence electrons. The summed E-state index contributed by atoms with van der Waals surface area (Å²) in [5, 5.41) is 24.3. The van der Waals surface area contributed by atoms with Crippen LogP contribution in [0.4, 0.5) is 11.4 Å². The van der Waals surface area contributed by atoms with E-state index in [1.165, 1.54) is 28.8 Å². The maximum absolute atomic E-state index is 12.9. The average Bonchev–Trinajstić information content (AvgIpc) is 2.78. The van der Waals surface area contributed by atoms with E-state index in [0.29, 0.717) is 23.1 Å². The first-order chi connectivity index (χ1) is 14.6. The Labute approximate surface area is 170 Å². The van der Waals surface area contributed by atoms with Gasteiger partial charge in [-0.25, -0.2) is 0 Å². The van der Waals surface area contributed by atoms with Crippen LogP contribution in [0.5, 0.6) is 0 Å². The van der Waals surface area contributed by atoms with Crippen molar-refractivity contribution in [2.24, 2.45) is 0 Å². The lowest BCUT2D eigenvalue weighted by molar-refractivity contribution is -0.384. The van der Waals surface area contributed by atoms with Crippen LogP contribution in [0.2, 0.25) is 0 Å².